The molecule has 3 aromatic rings. The van der Waals surface area contributed by atoms with Gasteiger partial charge in [-0.1, -0.05) is 6.07 Å². The monoisotopic (exact) mass is 298 g/mol. The first-order chi connectivity index (χ1) is 10.7. The van der Waals surface area contributed by atoms with Crippen molar-refractivity contribution in [1.82, 2.24) is 24.5 Å². The molecule has 0 aromatic carbocycles. The SMILES string of the molecule is CCn1cnc2c(N(C)C[C@H](O)c3cccnc3)ncnc21. The minimum absolute atomic E-state index is 0.400. The summed E-state index contributed by atoms with van der Waals surface area (Å²) in [6.07, 6.45) is 6.00. The molecule has 1 atom stereocenters. The highest BCUT2D eigenvalue weighted by atomic mass is 16.3. The fraction of sp³-hybridized carbons (Fsp3) is 0.333. The molecular formula is C15H18N6O. The van der Waals surface area contributed by atoms with Crippen LogP contribution in [0.3, 0.4) is 0 Å². The van der Waals surface area contributed by atoms with Crippen LogP contribution in [-0.4, -0.2) is 43.2 Å². The zero-order chi connectivity index (χ0) is 15.5. The van der Waals surface area contributed by atoms with E-state index in [1.807, 2.05) is 35.6 Å². The Labute approximate surface area is 128 Å². The van der Waals surface area contributed by atoms with E-state index in [9.17, 15) is 5.11 Å². The lowest BCUT2D eigenvalue weighted by Gasteiger charge is -2.21. The highest BCUT2D eigenvalue weighted by Gasteiger charge is 2.16. The first-order valence-electron chi connectivity index (χ1n) is 7.15. The summed E-state index contributed by atoms with van der Waals surface area (Å²) in [5.74, 6) is 0.708. The Balaban J connectivity index is 1.86. The molecule has 3 aromatic heterocycles. The van der Waals surface area contributed by atoms with Crippen LogP contribution in [-0.2, 0) is 6.54 Å². The van der Waals surface area contributed by atoms with E-state index >= 15 is 0 Å². The predicted molar refractivity (Wildman–Crippen MR) is 83.5 cm³/mol. The van der Waals surface area contributed by atoms with Crippen LogP contribution in [0.4, 0.5) is 5.82 Å². The van der Waals surface area contributed by atoms with Crippen molar-refractivity contribution >= 4 is 17.0 Å². The minimum Gasteiger partial charge on any atom is -0.386 e. The summed E-state index contributed by atoms with van der Waals surface area (Å²) in [5, 5.41) is 10.3. The molecule has 0 amide bonds. The number of aliphatic hydroxyl groups is 1. The molecule has 7 heteroatoms. The highest BCUT2D eigenvalue weighted by molar-refractivity contribution is 5.83. The Morgan fingerprint density at radius 3 is 2.91 bits per heavy atom. The van der Waals surface area contributed by atoms with Crippen molar-refractivity contribution in [3.8, 4) is 0 Å². The number of nitrogens with zero attached hydrogens (tertiary/aromatic N) is 6. The number of aromatic nitrogens is 5. The van der Waals surface area contributed by atoms with E-state index in [0.29, 0.717) is 12.4 Å². The molecule has 0 aliphatic heterocycles. The summed E-state index contributed by atoms with van der Waals surface area (Å²) in [4.78, 5) is 18.9. The van der Waals surface area contributed by atoms with Crippen molar-refractivity contribution in [2.24, 2.45) is 0 Å². The van der Waals surface area contributed by atoms with Gasteiger partial charge < -0.3 is 14.6 Å². The van der Waals surface area contributed by atoms with E-state index < -0.39 is 6.10 Å². The van der Waals surface area contributed by atoms with Gasteiger partial charge in [-0.2, -0.15) is 0 Å². The van der Waals surface area contributed by atoms with Gasteiger partial charge in [0.2, 0.25) is 0 Å². The second-order valence-corrected chi connectivity index (χ2v) is 5.08. The van der Waals surface area contributed by atoms with Gasteiger partial charge in [-0.25, -0.2) is 15.0 Å². The number of rotatable bonds is 5. The third-order valence-electron chi connectivity index (χ3n) is 3.60. The molecule has 0 saturated heterocycles. The van der Waals surface area contributed by atoms with Crippen LogP contribution in [0, 0.1) is 0 Å². The molecule has 0 bridgehead atoms. The van der Waals surface area contributed by atoms with Crippen molar-refractivity contribution in [3.63, 3.8) is 0 Å². The number of likely N-dealkylation sites (N-methyl/N-ethyl adjacent to an activating group) is 1. The first kappa shape index (κ1) is 14.4. The number of aliphatic hydroxyl groups excluding tert-OH is 1. The fourth-order valence-corrected chi connectivity index (χ4v) is 2.40. The van der Waals surface area contributed by atoms with Crippen molar-refractivity contribution < 1.29 is 5.11 Å². The number of aryl methyl sites for hydroxylation is 1. The third kappa shape index (κ3) is 2.62. The molecule has 0 saturated carbocycles. The van der Waals surface area contributed by atoms with Crippen molar-refractivity contribution in [1.29, 1.82) is 0 Å². The van der Waals surface area contributed by atoms with Crippen LogP contribution in [0.5, 0.6) is 0 Å². The average Bonchev–Trinajstić information content (AvgIpc) is 2.98. The van der Waals surface area contributed by atoms with E-state index in [1.54, 1.807) is 18.7 Å². The number of fused-ring (bicyclic) bond motifs is 1. The van der Waals surface area contributed by atoms with Crippen LogP contribution < -0.4 is 4.90 Å². The maximum absolute atomic E-state index is 10.3. The molecule has 3 heterocycles. The number of hydrogen-bond donors (Lipinski definition) is 1. The summed E-state index contributed by atoms with van der Waals surface area (Å²) in [5.41, 5.74) is 2.32. The molecule has 0 spiro atoms. The molecule has 0 aliphatic rings. The standard InChI is InChI=1S/C15H18N6O/c1-3-21-10-19-13-14(17-9-18-15(13)21)20(2)8-12(22)11-5-4-6-16-7-11/h4-7,9-10,12,22H,3,8H2,1-2H3/t12-/m0/s1. The maximum atomic E-state index is 10.3. The van der Waals surface area contributed by atoms with Gasteiger partial charge in [-0.15, -0.1) is 0 Å². The van der Waals surface area contributed by atoms with Crippen LogP contribution in [0.2, 0.25) is 0 Å². The smallest absolute Gasteiger partial charge is 0.165 e. The van der Waals surface area contributed by atoms with Crippen LogP contribution in [0.25, 0.3) is 11.2 Å². The topological polar surface area (TPSA) is 80.0 Å². The quantitative estimate of drug-likeness (QED) is 0.767. The van der Waals surface area contributed by atoms with Gasteiger partial charge in [-0.05, 0) is 13.0 Å². The molecule has 0 unspecified atom stereocenters. The van der Waals surface area contributed by atoms with Gasteiger partial charge >= 0.3 is 0 Å². The van der Waals surface area contributed by atoms with E-state index in [-0.39, 0.29) is 0 Å². The summed E-state index contributed by atoms with van der Waals surface area (Å²) in [6, 6.07) is 3.66. The van der Waals surface area contributed by atoms with Crippen molar-refractivity contribution in [2.75, 3.05) is 18.5 Å². The maximum Gasteiger partial charge on any atom is 0.165 e. The molecule has 0 fully saturated rings. The third-order valence-corrected chi connectivity index (χ3v) is 3.60. The Morgan fingerprint density at radius 1 is 1.32 bits per heavy atom. The Hall–Kier alpha value is -2.54. The summed E-state index contributed by atoms with van der Waals surface area (Å²) >= 11 is 0. The lowest BCUT2D eigenvalue weighted by molar-refractivity contribution is 0.184. The second kappa shape index (κ2) is 6.07. The molecular weight excluding hydrogens is 280 g/mol. The molecule has 114 valence electrons. The summed E-state index contributed by atoms with van der Waals surface area (Å²) in [6.45, 7) is 3.24. The van der Waals surface area contributed by atoms with Crippen LogP contribution in [0.15, 0.2) is 37.2 Å². The minimum atomic E-state index is -0.642. The van der Waals surface area contributed by atoms with E-state index in [1.165, 1.54) is 6.33 Å². The van der Waals surface area contributed by atoms with Crippen LogP contribution in [0.1, 0.15) is 18.6 Å². The molecule has 0 aliphatic carbocycles. The normalized spacial score (nSPS) is 12.5. The molecule has 1 N–H and O–H groups in total. The Morgan fingerprint density at radius 2 is 2.18 bits per heavy atom. The van der Waals surface area contributed by atoms with Crippen molar-refractivity contribution in [3.05, 3.63) is 42.7 Å². The Kier molecular flexibility index (Phi) is 3.97. The lowest BCUT2D eigenvalue weighted by atomic mass is 10.1. The number of anilines is 1. The van der Waals surface area contributed by atoms with Gasteiger partial charge in [0.25, 0.3) is 0 Å². The highest BCUT2D eigenvalue weighted by Crippen LogP contribution is 2.22. The zero-order valence-electron chi connectivity index (χ0n) is 12.6. The second-order valence-electron chi connectivity index (χ2n) is 5.08. The number of hydrogen-bond acceptors (Lipinski definition) is 6. The molecule has 7 nitrogen and oxygen atoms in total. The fourth-order valence-electron chi connectivity index (χ4n) is 2.40. The lowest BCUT2D eigenvalue weighted by Crippen LogP contribution is -2.25. The number of pyridine rings is 1. The molecule has 22 heavy (non-hydrogen) atoms. The van der Waals surface area contributed by atoms with E-state index in [4.69, 9.17) is 0 Å². The summed E-state index contributed by atoms with van der Waals surface area (Å²) in [7, 11) is 1.88. The van der Waals surface area contributed by atoms with Gasteiger partial charge in [0.1, 0.15) is 6.33 Å². The zero-order valence-corrected chi connectivity index (χ0v) is 12.6. The van der Waals surface area contributed by atoms with Gasteiger partial charge in [0.15, 0.2) is 17.0 Å². The van der Waals surface area contributed by atoms with E-state index in [2.05, 4.69) is 19.9 Å². The molecule has 3 rings (SSSR count). The predicted octanol–water partition coefficient (Wildman–Crippen LogP) is 1.41. The van der Waals surface area contributed by atoms with E-state index in [0.717, 1.165) is 23.3 Å². The number of imidazole rings is 1. The van der Waals surface area contributed by atoms with Gasteiger partial charge in [0.05, 0.1) is 12.4 Å². The average molecular weight is 298 g/mol. The Bertz CT molecular complexity index is 757. The van der Waals surface area contributed by atoms with Crippen LogP contribution >= 0.6 is 0 Å². The summed E-state index contributed by atoms with van der Waals surface area (Å²) < 4.78 is 1.96. The molecule has 0 radical (unpaired) electrons. The van der Waals surface area contributed by atoms with Gasteiger partial charge in [-0.3, -0.25) is 4.98 Å². The largest absolute Gasteiger partial charge is 0.386 e. The van der Waals surface area contributed by atoms with Crippen molar-refractivity contribution in [2.45, 2.75) is 19.6 Å². The first-order valence-corrected chi connectivity index (χ1v) is 7.15. The van der Waals surface area contributed by atoms with Gasteiger partial charge in [0, 0.05) is 38.1 Å².